The average Bonchev–Trinajstić information content (AvgIpc) is 3.08. The van der Waals surface area contributed by atoms with E-state index in [0.29, 0.717) is 5.82 Å². The molecule has 3 aromatic heterocycles. The quantitative estimate of drug-likeness (QED) is 0.147. The van der Waals surface area contributed by atoms with Crippen molar-refractivity contribution >= 4 is 86.6 Å². The summed E-state index contributed by atoms with van der Waals surface area (Å²) in [6, 6.07) is 33.3. The van der Waals surface area contributed by atoms with Crippen LogP contribution in [0.1, 0.15) is 0 Å². The summed E-state index contributed by atoms with van der Waals surface area (Å²) in [5.41, 5.74) is 3.29. The molecular weight excluding hydrogens is 540 g/mol. The minimum Gasteiger partial charge on any atom is -0.244 e. The van der Waals surface area contributed by atoms with Crippen molar-refractivity contribution in [3.63, 3.8) is 0 Å². The average molecular weight is 561 g/mol. The highest BCUT2D eigenvalue weighted by atomic mass is 14.9. The molecule has 202 valence electrons. The number of hydrogen-bond acceptors (Lipinski definition) is 6. The first-order valence-corrected chi connectivity index (χ1v) is 14.5. The number of hydrogen-bond donors (Lipinski definition) is 0. The molecule has 7 aromatic carbocycles. The highest BCUT2D eigenvalue weighted by Gasteiger charge is 2.15. The molecule has 6 nitrogen and oxygen atoms in total. The van der Waals surface area contributed by atoms with Gasteiger partial charge >= 0.3 is 0 Å². The molecule has 0 amide bonds. The van der Waals surface area contributed by atoms with Crippen LogP contribution < -0.4 is 0 Å². The van der Waals surface area contributed by atoms with Gasteiger partial charge in [0.25, 0.3) is 0 Å². The van der Waals surface area contributed by atoms with Crippen LogP contribution in [0.4, 0.5) is 0 Å². The van der Waals surface area contributed by atoms with Crippen molar-refractivity contribution in [3.05, 3.63) is 122 Å². The molecule has 0 aliphatic rings. The Morgan fingerprint density at radius 2 is 0.886 bits per heavy atom. The fraction of sp³-hybridized carbons (Fsp3) is 0. The molecule has 0 aliphatic carbocycles. The van der Waals surface area contributed by atoms with E-state index in [1.54, 1.807) is 25.0 Å². The zero-order valence-electron chi connectivity index (χ0n) is 23.2. The molecule has 0 aliphatic heterocycles. The summed E-state index contributed by atoms with van der Waals surface area (Å²) in [5, 5.41) is 14.9. The third-order valence-corrected chi connectivity index (χ3v) is 8.85. The monoisotopic (exact) mass is 560 g/mol. The third-order valence-electron chi connectivity index (χ3n) is 8.85. The number of nitrogens with zero attached hydrogens (tertiary/aromatic N) is 6. The second kappa shape index (κ2) is 8.69. The van der Waals surface area contributed by atoms with Gasteiger partial charge in [-0.1, -0.05) is 48.5 Å². The Bertz CT molecular complexity index is 2810. The largest absolute Gasteiger partial charge is 0.244 e. The Morgan fingerprint density at radius 1 is 0.364 bits per heavy atom. The van der Waals surface area contributed by atoms with Gasteiger partial charge in [-0.3, -0.25) is 0 Å². The van der Waals surface area contributed by atoms with E-state index in [-0.39, 0.29) is 0 Å². The summed E-state index contributed by atoms with van der Waals surface area (Å²) in [7, 11) is 0. The molecule has 0 N–H and O–H groups in total. The zero-order valence-corrected chi connectivity index (χ0v) is 23.2. The second-order valence-corrected chi connectivity index (χ2v) is 11.3. The predicted octanol–water partition coefficient (Wildman–Crippen LogP) is 8.95. The van der Waals surface area contributed by atoms with Crippen molar-refractivity contribution in [2.75, 3.05) is 0 Å². The van der Waals surface area contributed by atoms with Crippen molar-refractivity contribution in [3.8, 4) is 11.4 Å². The van der Waals surface area contributed by atoms with E-state index < -0.39 is 0 Å². The van der Waals surface area contributed by atoms with E-state index in [2.05, 4.69) is 111 Å². The molecule has 0 saturated heterocycles. The van der Waals surface area contributed by atoms with Crippen LogP contribution in [0.2, 0.25) is 0 Å². The molecule has 10 aromatic rings. The van der Waals surface area contributed by atoms with Crippen LogP contribution >= 0.6 is 0 Å². The Hall–Kier alpha value is -6.14. The van der Waals surface area contributed by atoms with E-state index >= 15 is 0 Å². The Labute approximate surface area is 249 Å². The molecule has 3 heterocycles. The van der Waals surface area contributed by atoms with Crippen LogP contribution in [0.3, 0.4) is 0 Å². The van der Waals surface area contributed by atoms with Crippen molar-refractivity contribution in [1.82, 2.24) is 29.9 Å². The topological polar surface area (TPSA) is 77.3 Å². The van der Waals surface area contributed by atoms with Crippen LogP contribution in [0.5, 0.6) is 0 Å². The van der Waals surface area contributed by atoms with E-state index in [1.165, 1.54) is 48.5 Å². The lowest BCUT2D eigenvalue weighted by Gasteiger charge is -2.11. The van der Waals surface area contributed by atoms with E-state index in [9.17, 15) is 0 Å². The summed E-state index contributed by atoms with van der Waals surface area (Å²) in [4.78, 5) is 27.4. The molecule has 0 spiro atoms. The zero-order chi connectivity index (χ0) is 28.8. The van der Waals surface area contributed by atoms with E-state index in [0.717, 1.165) is 43.7 Å². The van der Waals surface area contributed by atoms with Gasteiger partial charge < -0.3 is 0 Å². The molecular formula is C38H20N6. The maximum absolute atomic E-state index is 5.04. The first-order chi connectivity index (χ1) is 21.8. The van der Waals surface area contributed by atoms with Gasteiger partial charge in [0.05, 0.1) is 16.6 Å². The Morgan fingerprint density at radius 3 is 1.66 bits per heavy atom. The van der Waals surface area contributed by atoms with Gasteiger partial charge in [-0.2, -0.15) is 0 Å². The third kappa shape index (κ3) is 3.36. The molecule has 0 atom stereocenters. The highest BCUT2D eigenvalue weighted by Crippen LogP contribution is 2.35. The standard InChI is InChI=1S/C38H20N6/c1-2-4-22-14-30-24(9-21(22)3-1)6-7-25-11-28-10-23-5-8-26(12-27(23)13-29(28)15-31(25)30)38-41-18-34-36-32(16-39-19-43-36)35-33(37(34)44-38)17-40-20-42-35/h1-20H. The van der Waals surface area contributed by atoms with Crippen LogP contribution in [-0.4, -0.2) is 29.9 Å². The predicted molar refractivity (Wildman–Crippen MR) is 179 cm³/mol. The lowest BCUT2D eigenvalue weighted by Crippen LogP contribution is -1.95. The van der Waals surface area contributed by atoms with Crippen LogP contribution in [-0.2, 0) is 0 Å². The van der Waals surface area contributed by atoms with E-state index in [1.807, 2.05) is 6.20 Å². The van der Waals surface area contributed by atoms with Crippen molar-refractivity contribution in [2.24, 2.45) is 0 Å². The summed E-state index contributed by atoms with van der Waals surface area (Å²) in [6.07, 6.45) is 8.53. The van der Waals surface area contributed by atoms with E-state index in [4.69, 9.17) is 9.97 Å². The van der Waals surface area contributed by atoms with Gasteiger partial charge in [0, 0.05) is 40.3 Å². The molecule has 10 rings (SSSR count). The first-order valence-electron chi connectivity index (χ1n) is 14.5. The fourth-order valence-electron chi connectivity index (χ4n) is 6.72. The molecule has 0 saturated carbocycles. The number of benzene rings is 7. The summed E-state index contributed by atoms with van der Waals surface area (Å²) in [6.45, 7) is 0. The molecule has 0 bridgehead atoms. The second-order valence-electron chi connectivity index (χ2n) is 11.3. The maximum Gasteiger partial charge on any atom is 0.159 e. The van der Waals surface area contributed by atoms with Gasteiger partial charge in [-0.25, -0.2) is 29.9 Å². The van der Waals surface area contributed by atoms with Crippen LogP contribution in [0, 0.1) is 0 Å². The number of rotatable bonds is 1. The Balaban J connectivity index is 1.17. The molecule has 44 heavy (non-hydrogen) atoms. The normalized spacial score (nSPS) is 12.1. The minimum absolute atomic E-state index is 0.648. The van der Waals surface area contributed by atoms with Gasteiger partial charge in [0.15, 0.2) is 5.82 Å². The van der Waals surface area contributed by atoms with Crippen molar-refractivity contribution in [2.45, 2.75) is 0 Å². The molecule has 0 radical (unpaired) electrons. The lowest BCUT2D eigenvalue weighted by molar-refractivity contribution is 1.19. The molecule has 0 fully saturated rings. The van der Waals surface area contributed by atoms with Gasteiger partial charge in [-0.15, -0.1) is 0 Å². The number of aromatic nitrogens is 6. The SMILES string of the molecule is c1ccc2cc3c(ccc4cc5cc6ccc(-c7ncc8c9ncncc9c9ncncc9c8n7)cc6cc5cc43)cc2c1. The van der Waals surface area contributed by atoms with Crippen LogP contribution in [0.25, 0.3) is 98.0 Å². The van der Waals surface area contributed by atoms with Gasteiger partial charge in [0.1, 0.15) is 12.7 Å². The fourth-order valence-corrected chi connectivity index (χ4v) is 6.72. The maximum atomic E-state index is 5.04. The number of fused-ring (bicyclic) bond motifs is 12. The van der Waals surface area contributed by atoms with Crippen LogP contribution in [0.15, 0.2) is 122 Å². The lowest BCUT2D eigenvalue weighted by atomic mass is 9.94. The minimum atomic E-state index is 0.648. The summed E-state index contributed by atoms with van der Waals surface area (Å²) in [5.74, 6) is 0.648. The molecule has 6 heteroatoms. The van der Waals surface area contributed by atoms with Crippen molar-refractivity contribution in [1.29, 1.82) is 0 Å². The van der Waals surface area contributed by atoms with Gasteiger partial charge in [0.2, 0.25) is 0 Å². The van der Waals surface area contributed by atoms with Crippen molar-refractivity contribution < 1.29 is 0 Å². The highest BCUT2D eigenvalue weighted by molar-refractivity contribution is 6.21. The summed E-state index contributed by atoms with van der Waals surface area (Å²) < 4.78 is 0. The Kier molecular flexibility index (Phi) is 4.63. The van der Waals surface area contributed by atoms with Gasteiger partial charge in [-0.05, 0) is 96.3 Å². The first kappa shape index (κ1) is 23.4. The summed E-state index contributed by atoms with van der Waals surface area (Å²) >= 11 is 0. The molecule has 0 unspecified atom stereocenters. The smallest absolute Gasteiger partial charge is 0.159 e.